The lowest BCUT2D eigenvalue weighted by atomic mass is 9.77. The van der Waals surface area contributed by atoms with Crippen LogP contribution < -0.4 is 9.47 Å². The molecule has 0 aromatic heterocycles. The van der Waals surface area contributed by atoms with Crippen LogP contribution in [0.25, 0.3) is 0 Å². The van der Waals surface area contributed by atoms with E-state index in [2.05, 4.69) is 43.3 Å². The molecule has 0 amide bonds. The third-order valence-corrected chi connectivity index (χ3v) is 5.80. The van der Waals surface area contributed by atoms with Gasteiger partial charge in [0.15, 0.2) is 0 Å². The van der Waals surface area contributed by atoms with Crippen LogP contribution in [0.1, 0.15) is 75.8 Å². The number of unbranched alkanes of at least 4 members (excludes halogenated alkanes) is 1. The van der Waals surface area contributed by atoms with Gasteiger partial charge in [0.05, 0.1) is 6.61 Å². The summed E-state index contributed by atoms with van der Waals surface area (Å²) in [6, 6.07) is 16.9. The van der Waals surface area contributed by atoms with Crippen molar-refractivity contribution in [3.8, 4) is 11.5 Å². The number of hydrogen-bond donors (Lipinski definition) is 0. The van der Waals surface area contributed by atoms with Crippen LogP contribution in [0.2, 0.25) is 0 Å². The molecule has 1 fully saturated rings. The predicted molar refractivity (Wildman–Crippen MR) is 113 cm³/mol. The van der Waals surface area contributed by atoms with Crippen LogP contribution in [0.4, 0.5) is 0 Å². The Bertz CT molecular complexity index is 652. The smallest absolute Gasteiger partial charge is 0.119 e. The Morgan fingerprint density at radius 3 is 2.04 bits per heavy atom. The molecule has 1 aliphatic carbocycles. The highest BCUT2D eigenvalue weighted by Gasteiger charge is 2.21. The molecule has 2 aromatic rings. The highest BCUT2D eigenvalue weighted by Crippen LogP contribution is 2.38. The van der Waals surface area contributed by atoms with Gasteiger partial charge in [-0.05, 0) is 79.8 Å². The van der Waals surface area contributed by atoms with Gasteiger partial charge in [-0.2, -0.15) is 0 Å². The van der Waals surface area contributed by atoms with Gasteiger partial charge in [-0.1, -0.05) is 50.5 Å². The third-order valence-electron chi connectivity index (χ3n) is 5.80. The second kappa shape index (κ2) is 10.4. The molecular weight excluding hydrogens is 332 g/mol. The van der Waals surface area contributed by atoms with E-state index in [1.165, 1.54) is 50.5 Å². The van der Waals surface area contributed by atoms with Crippen molar-refractivity contribution >= 4 is 0 Å². The summed E-state index contributed by atoms with van der Waals surface area (Å²) in [5.41, 5.74) is 2.64. The minimum absolute atomic E-state index is 0.592. The molecule has 2 aromatic carbocycles. The van der Waals surface area contributed by atoms with Crippen molar-refractivity contribution in [3.05, 3.63) is 59.7 Å². The van der Waals surface area contributed by atoms with E-state index in [-0.39, 0.29) is 0 Å². The summed E-state index contributed by atoms with van der Waals surface area (Å²) in [4.78, 5) is 0. The predicted octanol–water partition coefficient (Wildman–Crippen LogP) is 7.13. The van der Waals surface area contributed by atoms with E-state index in [4.69, 9.17) is 9.47 Å². The summed E-state index contributed by atoms with van der Waals surface area (Å²) >= 11 is 0. The minimum Gasteiger partial charge on any atom is -0.494 e. The molecule has 0 saturated heterocycles. The van der Waals surface area contributed by atoms with Gasteiger partial charge in [0, 0.05) is 0 Å². The van der Waals surface area contributed by atoms with E-state index in [0.717, 1.165) is 28.9 Å². The molecule has 0 bridgehead atoms. The Morgan fingerprint density at radius 1 is 0.778 bits per heavy atom. The molecule has 0 spiro atoms. The molecule has 2 nitrogen and oxygen atoms in total. The van der Waals surface area contributed by atoms with Crippen LogP contribution in [-0.2, 0) is 6.61 Å². The van der Waals surface area contributed by atoms with Crippen LogP contribution in [-0.4, -0.2) is 6.61 Å². The molecule has 1 aliphatic rings. The van der Waals surface area contributed by atoms with Gasteiger partial charge in [-0.3, -0.25) is 0 Å². The van der Waals surface area contributed by atoms with Crippen molar-refractivity contribution in [1.29, 1.82) is 0 Å². The molecular formula is C25H34O2. The van der Waals surface area contributed by atoms with Crippen molar-refractivity contribution < 1.29 is 9.47 Å². The molecule has 1 saturated carbocycles. The molecule has 27 heavy (non-hydrogen) atoms. The summed E-state index contributed by atoms with van der Waals surface area (Å²) < 4.78 is 11.4. The molecule has 2 heteroatoms. The number of ether oxygens (including phenoxy) is 2. The lowest BCUT2D eigenvalue weighted by molar-refractivity contribution is 0.301. The third kappa shape index (κ3) is 6.02. The summed E-state index contributed by atoms with van der Waals surface area (Å²) in [7, 11) is 0. The quantitative estimate of drug-likeness (QED) is 0.470. The van der Waals surface area contributed by atoms with Gasteiger partial charge in [-0.25, -0.2) is 0 Å². The summed E-state index contributed by atoms with van der Waals surface area (Å²) in [6.07, 6.45) is 9.66. The SMILES string of the molecule is CCCCC1CCC(c2ccc(OCc3ccc(OCC)cc3)cc2)CC1. The zero-order chi connectivity index (χ0) is 18.9. The van der Waals surface area contributed by atoms with Crippen molar-refractivity contribution in [2.75, 3.05) is 6.61 Å². The second-order valence-corrected chi connectivity index (χ2v) is 7.79. The molecule has 0 radical (unpaired) electrons. The van der Waals surface area contributed by atoms with Crippen molar-refractivity contribution in [2.24, 2.45) is 5.92 Å². The topological polar surface area (TPSA) is 18.5 Å². The molecule has 0 aliphatic heterocycles. The van der Waals surface area contributed by atoms with Gasteiger partial charge < -0.3 is 9.47 Å². The average molecular weight is 367 g/mol. The molecule has 146 valence electrons. The monoisotopic (exact) mass is 366 g/mol. The first-order valence-corrected chi connectivity index (χ1v) is 10.7. The zero-order valence-electron chi connectivity index (χ0n) is 17.0. The highest BCUT2D eigenvalue weighted by atomic mass is 16.5. The van der Waals surface area contributed by atoms with Crippen LogP contribution >= 0.6 is 0 Å². The average Bonchev–Trinajstić information content (AvgIpc) is 2.73. The van der Waals surface area contributed by atoms with Gasteiger partial charge in [-0.15, -0.1) is 0 Å². The van der Waals surface area contributed by atoms with E-state index in [1.807, 2.05) is 19.1 Å². The summed E-state index contributed by atoms with van der Waals surface area (Å²) in [5.74, 6) is 3.57. The fourth-order valence-electron chi connectivity index (χ4n) is 4.13. The Morgan fingerprint density at radius 2 is 1.41 bits per heavy atom. The van der Waals surface area contributed by atoms with Gasteiger partial charge >= 0.3 is 0 Å². The maximum Gasteiger partial charge on any atom is 0.119 e. The standard InChI is InChI=1S/C25H34O2/c1-3-5-6-20-7-11-22(12-8-20)23-13-17-25(18-14-23)27-19-21-9-15-24(16-10-21)26-4-2/h9-10,13-18,20,22H,3-8,11-12,19H2,1-2H3. The van der Waals surface area contributed by atoms with E-state index < -0.39 is 0 Å². The summed E-state index contributed by atoms with van der Waals surface area (Å²) in [6.45, 7) is 5.58. The van der Waals surface area contributed by atoms with Gasteiger partial charge in [0.25, 0.3) is 0 Å². The normalized spacial score (nSPS) is 19.6. The largest absolute Gasteiger partial charge is 0.494 e. The van der Waals surface area contributed by atoms with Crippen LogP contribution in [0.15, 0.2) is 48.5 Å². The van der Waals surface area contributed by atoms with Gasteiger partial charge in [0.2, 0.25) is 0 Å². The van der Waals surface area contributed by atoms with E-state index in [1.54, 1.807) is 0 Å². The van der Waals surface area contributed by atoms with Crippen LogP contribution in [0.5, 0.6) is 11.5 Å². The van der Waals surface area contributed by atoms with E-state index >= 15 is 0 Å². The second-order valence-electron chi connectivity index (χ2n) is 7.79. The first-order chi connectivity index (χ1) is 13.3. The number of hydrogen-bond acceptors (Lipinski definition) is 2. The van der Waals surface area contributed by atoms with E-state index in [0.29, 0.717) is 13.2 Å². The Hall–Kier alpha value is -1.96. The van der Waals surface area contributed by atoms with Crippen LogP contribution in [0, 0.1) is 5.92 Å². The Labute approximate surface area is 164 Å². The molecule has 0 heterocycles. The Balaban J connectivity index is 1.46. The first-order valence-electron chi connectivity index (χ1n) is 10.7. The molecule has 0 unspecified atom stereocenters. The maximum atomic E-state index is 5.95. The first kappa shape index (κ1) is 19.8. The summed E-state index contributed by atoms with van der Waals surface area (Å²) in [5, 5.41) is 0. The van der Waals surface area contributed by atoms with Crippen LogP contribution in [0.3, 0.4) is 0 Å². The van der Waals surface area contributed by atoms with Crippen molar-refractivity contribution in [2.45, 2.75) is 71.3 Å². The highest BCUT2D eigenvalue weighted by molar-refractivity contribution is 5.31. The van der Waals surface area contributed by atoms with Crippen molar-refractivity contribution in [3.63, 3.8) is 0 Å². The fourth-order valence-corrected chi connectivity index (χ4v) is 4.13. The Kier molecular flexibility index (Phi) is 7.62. The minimum atomic E-state index is 0.592. The lowest BCUT2D eigenvalue weighted by Gasteiger charge is -2.28. The van der Waals surface area contributed by atoms with E-state index in [9.17, 15) is 0 Å². The van der Waals surface area contributed by atoms with Gasteiger partial charge in [0.1, 0.15) is 18.1 Å². The van der Waals surface area contributed by atoms with Crippen molar-refractivity contribution in [1.82, 2.24) is 0 Å². The molecule has 0 N–H and O–H groups in total. The number of benzene rings is 2. The lowest BCUT2D eigenvalue weighted by Crippen LogP contribution is -2.13. The zero-order valence-corrected chi connectivity index (χ0v) is 17.0. The number of rotatable bonds is 9. The molecule has 0 atom stereocenters. The molecule has 3 rings (SSSR count). The fraction of sp³-hybridized carbons (Fsp3) is 0.520. The maximum absolute atomic E-state index is 5.95.